The lowest BCUT2D eigenvalue weighted by molar-refractivity contribution is -0.122. The van der Waals surface area contributed by atoms with Crippen molar-refractivity contribution in [1.29, 1.82) is 0 Å². The van der Waals surface area contributed by atoms with Crippen LogP contribution >= 0.6 is 0 Å². The fourth-order valence-corrected chi connectivity index (χ4v) is 1.46. The van der Waals surface area contributed by atoms with E-state index in [1.54, 1.807) is 17.9 Å². The van der Waals surface area contributed by atoms with Crippen LogP contribution in [-0.2, 0) is 11.3 Å². The molecule has 6 nitrogen and oxygen atoms in total. The summed E-state index contributed by atoms with van der Waals surface area (Å²) >= 11 is 0. The van der Waals surface area contributed by atoms with E-state index in [1.165, 1.54) is 6.33 Å². The standard InChI is InChI=1S/C12H15N5O/c1-9(13)12(18)15-6-10-2-4-11(5-3-10)17-8-14-7-16-17/h2-5,7-9H,6,13H2,1H3,(H,15,18)/t9-/m1/s1. The Bertz CT molecular complexity index is 504. The summed E-state index contributed by atoms with van der Waals surface area (Å²) in [6.45, 7) is 2.13. The van der Waals surface area contributed by atoms with E-state index < -0.39 is 6.04 Å². The van der Waals surface area contributed by atoms with E-state index >= 15 is 0 Å². The molecule has 2 rings (SSSR count). The average Bonchev–Trinajstić information content (AvgIpc) is 2.90. The highest BCUT2D eigenvalue weighted by Crippen LogP contribution is 2.07. The van der Waals surface area contributed by atoms with Gasteiger partial charge in [0, 0.05) is 6.54 Å². The number of nitrogens with two attached hydrogens (primary N) is 1. The quantitative estimate of drug-likeness (QED) is 0.807. The first-order valence-electron chi connectivity index (χ1n) is 5.64. The van der Waals surface area contributed by atoms with Crippen LogP contribution in [0.15, 0.2) is 36.9 Å². The van der Waals surface area contributed by atoms with Crippen molar-refractivity contribution in [3.63, 3.8) is 0 Å². The van der Waals surface area contributed by atoms with Gasteiger partial charge in [-0.25, -0.2) is 9.67 Å². The minimum Gasteiger partial charge on any atom is -0.351 e. The summed E-state index contributed by atoms with van der Waals surface area (Å²) in [7, 11) is 0. The molecule has 18 heavy (non-hydrogen) atoms. The first-order valence-corrected chi connectivity index (χ1v) is 5.64. The van der Waals surface area contributed by atoms with E-state index in [-0.39, 0.29) is 5.91 Å². The molecule has 3 N–H and O–H groups in total. The fraction of sp³-hybridized carbons (Fsp3) is 0.250. The second kappa shape index (κ2) is 5.42. The number of hydrogen-bond acceptors (Lipinski definition) is 4. The number of amides is 1. The van der Waals surface area contributed by atoms with Crippen LogP contribution < -0.4 is 11.1 Å². The average molecular weight is 245 g/mol. The molecule has 0 spiro atoms. The van der Waals surface area contributed by atoms with Gasteiger partial charge in [0.2, 0.25) is 5.91 Å². The molecule has 0 fully saturated rings. The summed E-state index contributed by atoms with van der Waals surface area (Å²) in [5, 5.41) is 6.79. The monoisotopic (exact) mass is 245 g/mol. The van der Waals surface area contributed by atoms with Crippen molar-refractivity contribution in [1.82, 2.24) is 20.1 Å². The summed E-state index contributed by atoms with van der Waals surface area (Å²) in [5.74, 6) is -0.157. The Morgan fingerprint density at radius 3 is 2.72 bits per heavy atom. The molecule has 0 saturated heterocycles. The highest BCUT2D eigenvalue weighted by molar-refractivity contribution is 5.80. The molecule has 0 aliphatic rings. The molecule has 1 aromatic carbocycles. The third-order valence-corrected chi connectivity index (χ3v) is 2.50. The molecular formula is C12H15N5O. The van der Waals surface area contributed by atoms with E-state index in [0.717, 1.165) is 11.3 Å². The summed E-state index contributed by atoms with van der Waals surface area (Å²) in [6.07, 6.45) is 3.11. The molecule has 1 aromatic heterocycles. The molecule has 1 atom stereocenters. The van der Waals surface area contributed by atoms with Crippen LogP contribution in [0.4, 0.5) is 0 Å². The normalized spacial score (nSPS) is 12.1. The predicted octanol–water partition coefficient (Wildman–Crippen LogP) is 0.231. The van der Waals surface area contributed by atoms with Crippen molar-refractivity contribution in [2.24, 2.45) is 5.73 Å². The maximum atomic E-state index is 11.3. The number of nitrogens with one attached hydrogen (secondary N) is 1. The zero-order valence-corrected chi connectivity index (χ0v) is 10.1. The Balaban J connectivity index is 1.98. The van der Waals surface area contributed by atoms with Gasteiger partial charge in [0.15, 0.2) is 0 Å². The Morgan fingerprint density at radius 1 is 1.44 bits per heavy atom. The highest BCUT2D eigenvalue weighted by Gasteiger charge is 2.06. The number of nitrogens with zero attached hydrogens (tertiary/aromatic N) is 3. The number of carbonyl (C=O) groups excluding carboxylic acids is 1. The van der Waals surface area contributed by atoms with Gasteiger partial charge in [0.05, 0.1) is 11.7 Å². The molecule has 0 aliphatic carbocycles. The molecule has 0 aliphatic heterocycles. The smallest absolute Gasteiger partial charge is 0.236 e. The number of aromatic nitrogens is 3. The lowest BCUT2D eigenvalue weighted by atomic mass is 10.2. The van der Waals surface area contributed by atoms with Gasteiger partial charge in [-0.15, -0.1) is 0 Å². The third kappa shape index (κ3) is 2.92. The highest BCUT2D eigenvalue weighted by atomic mass is 16.2. The summed E-state index contributed by atoms with van der Waals surface area (Å²) in [5.41, 5.74) is 7.39. The van der Waals surface area contributed by atoms with Crippen molar-refractivity contribution >= 4 is 5.91 Å². The Kier molecular flexibility index (Phi) is 3.69. The van der Waals surface area contributed by atoms with Crippen molar-refractivity contribution in [2.75, 3.05) is 0 Å². The largest absolute Gasteiger partial charge is 0.351 e. The number of rotatable bonds is 4. The first kappa shape index (κ1) is 12.3. The minimum absolute atomic E-state index is 0.157. The predicted molar refractivity (Wildman–Crippen MR) is 66.9 cm³/mol. The number of benzene rings is 1. The zero-order valence-electron chi connectivity index (χ0n) is 10.1. The summed E-state index contributed by atoms with van der Waals surface area (Å²) in [4.78, 5) is 15.2. The second-order valence-electron chi connectivity index (χ2n) is 4.01. The molecule has 0 saturated carbocycles. The SMILES string of the molecule is C[C@@H](N)C(=O)NCc1ccc(-n2cncn2)cc1. The van der Waals surface area contributed by atoms with E-state index in [0.29, 0.717) is 6.54 Å². The molecule has 0 bridgehead atoms. The fourth-order valence-electron chi connectivity index (χ4n) is 1.46. The van der Waals surface area contributed by atoms with Gasteiger partial charge in [0.25, 0.3) is 0 Å². The molecular weight excluding hydrogens is 230 g/mol. The molecule has 94 valence electrons. The van der Waals surface area contributed by atoms with Gasteiger partial charge in [0.1, 0.15) is 12.7 Å². The van der Waals surface area contributed by atoms with E-state index in [2.05, 4.69) is 15.4 Å². The molecule has 6 heteroatoms. The van der Waals surface area contributed by atoms with Gasteiger partial charge in [-0.05, 0) is 24.6 Å². The van der Waals surface area contributed by atoms with Crippen LogP contribution in [0.5, 0.6) is 0 Å². The summed E-state index contributed by atoms with van der Waals surface area (Å²) in [6, 6.07) is 7.21. The first-order chi connectivity index (χ1) is 8.66. The minimum atomic E-state index is -0.487. The zero-order chi connectivity index (χ0) is 13.0. The Labute approximate surface area is 105 Å². The van der Waals surface area contributed by atoms with Gasteiger partial charge in [-0.3, -0.25) is 4.79 Å². The topological polar surface area (TPSA) is 85.8 Å². The molecule has 0 radical (unpaired) electrons. The third-order valence-electron chi connectivity index (χ3n) is 2.50. The maximum absolute atomic E-state index is 11.3. The van der Waals surface area contributed by atoms with Crippen molar-refractivity contribution in [3.05, 3.63) is 42.5 Å². The van der Waals surface area contributed by atoms with Gasteiger partial charge >= 0.3 is 0 Å². The number of carbonyl (C=O) groups is 1. The molecule has 2 aromatic rings. The van der Waals surface area contributed by atoms with Gasteiger partial charge in [-0.2, -0.15) is 5.10 Å². The van der Waals surface area contributed by atoms with E-state index in [9.17, 15) is 4.79 Å². The van der Waals surface area contributed by atoms with Crippen LogP contribution in [0.2, 0.25) is 0 Å². The van der Waals surface area contributed by atoms with Crippen LogP contribution in [0, 0.1) is 0 Å². The lowest BCUT2D eigenvalue weighted by Gasteiger charge is -2.08. The maximum Gasteiger partial charge on any atom is 0.236 e. The van der Waals surface area contributed by atoms with Crippen molar-refractivity contribution < 1.29 is 4.79 Å². The van der Waals surface area contributed by atoms with Crippen molar-refractivity contribution in [3.8, 4) is 5.69 Å². The van der Waals surface area contributed by atoms with Crippen LogP contribution in [0.25, 0.3) is 5.69 Å². The van der Waals surface area contributed by atoms with E-state index in [1.807, 2.05) is 24.3 Å². The molecule has 0 unspecified atom stereocenters. The second-order valence-corrected chi connectivity index (χ2v) is 4.01. The summed E-state index contributed by atoms with van der Waals surface area (Å²) < 4.78 is 1.67. The van der Waals surface area contributed by atoms with E-state index in [4.69, 9.17) is 5.73 Å². The van der Waals surface area contributed by atoms with Gasteiger partial charge < -0.3 is 11.1 Å². The Morgan fingerprint density at radius 2 is 2.17 bits per heavy atom. The van der Waals surface area contributed by atoms with Crippen molar-refractivity contribution in [2.45, 2.75) is 19.5 Å². The molecule has 1 amide bonds. The van der Waals surface area contributed by atoms with Gasteiger partial charge in [-0.1, -0.05) is 12.1 Å². The molecule has 1 heterocycles. The van der Waals surface area contributed by atoms with Crippen LogP contribution in [-0.4, -0.2) is 26.7 Å². The number of hydrogen-bond donors (Lipinski definition) is 2. The van der Waals surface area contributed by atoms with Crippen LogP contribution in [0.3, 0.4) is 0 Å². The van der Waals surface area contributed by atoms with Crippen LogP contribution in [0.1, 0.15) is 12.5 Å². The lowest BCUT2D eigenvalue weighted by Crippen LogP contribution is -2.37. The Hall–Kier alpha value is -2.21.